The summed E-state index contributed by atoms with van der Waals surface area (Å²) in [5.41, 5.74) is 4.29. The van der Waals surface area contributed by atoms with Gasteiger partial charge in [0, 0.05) is 17.0 Å². The minimum absolute atomic E-state index is 0.0140. The molecule has 0 aliphatic heterocycles. The van der Waals surface area contributed by atoms with Gasteiger partial charge in [-0.2, -0.15) is 0 Å². The third-order valence-electron chi connectivity index (χ3n) is 4.32. The van der Waals surface area contributed by atoms with Crippen LogP contribution in [-0.2, 0) is 0 Å². The second kappa shape index (κ2) is 9.44. The highest BCUT2D eigenvalue weighted by Gasteiger charge is 2.22. The first kappa shape index (κ1) is 19.3. The van der Waals surface area contributed by atoms with E-state index in [0.717, 1.165) is 40.2 Å². The van der Waals surface area contributed by atoms with Crippen molar-refractivity contribution in [2.75, 3.05) is 26.4 Å². The summed E-state index contributed by atoms with van der Waals surface area (Å²) in [5.74, 6) is 1.78. The Bertz CT molecular complexity index is 624. The highest BCUT2D eigenvalue weighted by atomic mass is 16.5. The lowest BCUT2D eigenvalue weighted by Gasteiger charge is -2.24. The van der Waals surface area contributed by atoms with Gasteiger partial charge in [0.2, 0.25) is 0 Å². The van der Waals surface area contributed by atoms with Gasteiger partial charge in [0.1, 0.15) is 24.7 Å². The fourth-order valence-corrected chi connectivity index (χ4v) is 3.20. The van der Waals surface area contributed by atoms with Crippen LogP contribution in [0.25, 0.3) is 0 Å². The summed E-state index contributed by atoms with van der Waals surface area (Å²) in [6.45, 7) is 6.69. The fraction of sp³-hybridized carbons (Fsp3) is 0.429. The molecule has 0 heterocycles. The van der Waals surface area contributed by atoms with Crippen molar-refractivity contribution in [1.82, 2.24) is 0 Å². The van der Waals surface area contributed by atoms with E-state index < -0.39 is 0 Å². The molecule has 0 spiro atoms. The normalized spacial score (nSPS) is 11.0. The molecule has 2 rings (SSSR count). The number of aryl methyl sites for hydroxylation is 2. The first-order valence-corrected chi connectivity index (χ1v) is 8.80. The first-order valence-electron chi connectivity index (χ1n) is 8.80. The Morgan fingerprint density at radius 2 is 1.24 bits per heavy atom. The average molecular weight is 344 g/mol. The van der Waals surface area contributed by atoms with Gasteiger partial charge in [0.15, 0.2) is 0 Å². The van der Waals surface area contributed by atoms with Gasteiger partial charge in [-0.25, -0.2) is 0 Å². The van der Waals surface area contributed by atoms with E-state index in [1.165, 1.54) is 0 Å². The standard InChI is InChI=1S/C21H28O4/c1-4-17(18-9-5-7-15(2)20(18)24-13-11-22)19-10-6-8-16(3)21(19)25-14-12-23/h5-10,17,22-23H,4,11-14H2,1-3H3. The van der Waals surface area contributed by atoms with Crippen LogP contribution in [0.3, 0.4) is 0 Å². The van der Waals surface area contributed by atoms with E-state index in [-0.39, 0.29) is 32.3 Å². The quantitative estimate of drug-likeness (QED) is 0.730. The van der Waals surface area contributed by atoms with E-state index in [1.54, 1.807) is 0 Å². The van der Waals surface area contributed by atoms with E-state index in [9.17, 15) is 0 Å². The van der Waals surface area contributed by atoms with Gasteiger partial charge >= 0.3 is 0 Å². The lowest BCUT2D eigenvalue weighted by Crippen LogP contribution is -2.11. The zero-order chi connectivity index (χ0) is 18.2. The number of aliphatic hydroxyl groups is 2. The molecular formula is C21H28O4. The van der Waals surface area contributed by atoms with Gasteiger partial charge < -0.3 is 19.7 Å². The predicted octanol–water partition coefficient (Wildman–Crippen LogP) is 3.59. The molecule has 0 aliphatic rings. The number of aliphatic hydroxyl groups excluding tert-OH is 2. The van der Waals surface area contributed by atoms with E-state index >= 15 is 0 Å². The van der Waals surface area contributed by atoms with Gasteiger partial charge in [0.25, 0.3) is 0 Å². The molecule has 0 unspecified atom stereocenters. The number of rotatable bonds is 9. The second-order valence-corrected chi connectivity index (χ2v) is 6.09. The van der Waals surface area contributed by atoms with Crippen molar-refractivity contribution in [3.63, 3.8) is 0 Å². The van der Waals surface area contributed by atoms with Crippen LogP contribution in [0.15, 0.2) is 36.4 Å². The molecule has 0 aromatic heterocycles. The van der Waals surface area contributed by atoms with Crippen LogP contribution in [0.5, 0.6) is 11.5 Å². The molecule has 0 saturated carbocycles. The van der Waals surface area contributed by atoms with Crippen LogP contribution < -0.4 is 9.47 Å². The number of hydrogen-bond donors (Lipinski definition) is 2. The first-order chi connectivity index (χ1) is 12.1. The van der Waals surface area contributed by atoms with Crippen molar-refractivity contribution in [2.24, 2.45) is 0 Å². The van der Waals surface area contributed by atoms with Crippen molar-refractivity contribution in [2.45, 2.75) is 33.1 Å². The molecule has 2 aromatic carbocycles. The molecule has 4 heteroatoms. The lowest BCUT2D eigenvalue weighted by atomic mass is 9.86. The van der Waals surface area contributed by atoms with Crippen LogP contribution in [0.2, 0.25) is 0 Å². The van der Waals surface area contributed by atoms with Gasteiger partial charge in [-0.15, -0.1) is 0 Å². The van der Waals surface area contributed by atoms with Crippen molar-refractivity contribution in [3.05, 3.63) is 58.7 Å². The molecule has 0 radical (unpaired) electrons. The highest BCUT2D eigenvalue weighted by molar-refractivity contribution is 5.52. The summed E-state index contributed by atoms with van der Waals surface area (Å²) in [6, 6.07) is 12.2. The molecule has 0 saturated heterocycles. The number of para-hydroxylation sites is 2. The SMILES string of the molecule is CCC(c1cccc(C)c1OCCO)c1cccc(C)c1OCCO. The molecule has 0 atom stereocenters. The van der Waals surface area contributed by atoms with E-state index in [1.807, 2.05) is 38.1 Å². The van der Waals surface area contributed by atoms with Gasteiger partial charge in [-0.05, 0) is 31.4 Å². The Balaban J connectivity index is 2.51. The van der Waals surface area contributed by atoms with Crippen molar-refractivity contribution in [1.29, 1.82) is 0 Å². The Hall–Kier alpha value is -2.04. The third kappa shape index (κ3) is 4.53. The minimum atomic E-state index is -0.0140. The molecule has 25 heavy (non-hydrogen) atoms. The lowest BCUT2D eigenvalue weighted by molar-refractivity contribution is 0.197. The topological polar surface area (TPSA) is 58.9 Å². The number of hydrogen-bond acceptors (Lipinski definition) is 4. The molecule has 4 nitrogen and oxygen atoms in total. The molecule has 0 fully saturated rings. The summed E-state index contributed by atoms with van der Waals surface area (Å²) in [6.07, 6.45) is 0.887. The zero-order valence-corrected chi connectivity index (χ0v) is 15.3. The Morgan fingerprint density at radius 1 is 0.800 bits per heavy atom. The minimum Gasteiger partial charge on any atom is -0.491 e. The Kier molecular flexibility index (Phi) is 7.29. The fourth-order valence-electron chi connectivity index (χ4n) is 3.20. The van der Waals surface area contributed by atoms with Crippen molar-refractivity contribution >= 4 is 0 Å². The molecule has 0 amide bonds. The number of ether oxygens (including phenoxy) is 2. The molecule has 2 N–H and O–H groups in total. The Morgan fingerprint density at radius 3 is 1.60 bits per heavy atom. The maximum absolute atomic E-state index is 9.13. The van der Waals surface area contributed by atoms with Crippen LogP contribution in [-0.4, -0.2) is 36.6 Å². The maximum Gasteiger partial charge on any atom is 0.126 e. The smallest absolute Gasteiger partial charge is 0.126 e. The molecular weight excluding hydrogens is 316 g/mol. The number of benzene rings is 2. The molecule has 2 aromatic rings. The van der Waals surface area contributed by atoms with Crippen LogP contribution in [0, 0.1) is 13.8 Å². The average Bonchev–Trinajstić information content (AvgIpc) is 2.61. The summed E-state index contributed by atoms with van der Waals surface area (Å²) in [7, 11) is 0. The maximum atomic E-state index is 9.13. The third-order valence-corrected chi connectivity index (χ3v) is 4.32. The van der Waals surface area contributed by atoms with E-state index in [4.69, 9.17) is 19.7 Å². The van der Waals surface area contributed by atoms with Gasteiger partial charge in [-0.1, -0.05) is 43.3 Å². The van der Waals surface area contributed by atoms with E-state index in [2.05, 4.69) is 19.1 Å². The Labute approximate surface area is 150 Å². The summed E-state index contributed by atoms with van der Waals surface area (Å²) < 4.78 is 11.7. The van der Waals surface area contributed by atoms with Crippen LogP contribution >= 0.6 is 0 Å². The molecule has 0 aliphatic carbocycles. The summed E-state index contributed by atoms with van der Waals surface area (Å²) in [5, 5.41) is 18.3. The summed E-state index contributed by atoms with van der Waals surface area (Å²) >= 11 is 0. The molecule has 0 bridgehead atoms. The van der Waals surface area contributed by atoms with E-state index in [0.29, 0.717) is 0 Å². The predicted molar refractivity (Wildman–Crippen MR) is 99.7 cm³/mol. The summed E-state index contributed by atoms with van der Waals surface area (Å²) in [4.78, 5) is 0. The second-order valence-electron chi connectivity index (χ2n) is 6.09. The van der Waals surface area contributed by atoms with Crippen LogP contribution in [0.1, 0.15) is 41.5 Å². The van der Waals surface area contributed by atoms with Crippen LogP contribution in [0.4, 0.5) is 0 Å². The highest BCUT2D eigenvalue weighted by Crippen LogP contribution is 2.41. The van der Waals surface area contributed by atoms with Crippen molar-refractivity contribution in [3.8, 4) is 11.5 Å². The molecule has 136 valence electrons. The van der Waals surface area contributed by atoms with Gasteiger partial charge in [0.05, 0.1) is 13.2 Å². The zero-order valence-electron chi connectivity index (χ0n) is 15.3. The monoisotopic (exact) mass is 344 g/mol. The van der Waals surface area contributed by atoms with Gasteiger partial charge in [-0.3, -0.25) is 0 Å². The largest absolute Gasteiger partial charge is 0.491 e. The van der Waals surface area contributed by atoms with Crippen molar-refractivity contribution < 1.29 is 19.7 Å².